The van der Waals surface area contributed by atoms with E-state index in [-0.39, 0.29) is 5.75 Å². The summed E-state index contributed by atoms with van der Waals surface area (Å²) in [6.07, 6.45) is -1.04. The van der Waals surface area contributed by atoms with E-state index in [1.54, 1.807) is 6.07 Å². The minimum atomic E-state index is -1.04. The highest BCUT2D eigenvalue weighted by Gasteiger charge is 2.19. The van der Waals surface area contributed by atoms with E-state index in [1.165, 1.54) is 25.7 Å². The molecule has 0 saturated carbocycles. The van der Waals surface area contributed by atoms with Crippen molar-refractivity contribution in [2.75, 3.05) is 12.8 Å². The summed E-state index contributed by atoms with van der Waals surface area (Å²) < 4.78 is 4.94. The van der Waals surface area contributed by atoms with E-state index in [2.05, 4.69) is 5.32 Å². The van der Waals surface area contributed by atoms with Gasteiger partial charge in [-0.2, -0.15) is 0 Å². The van der Waals surface area contributed by atoms with Crippen molar-refractivity contribution in [3.05, 3.63) is 34.9 Å². The molecule has 0 spiro atoms. The molecule has 120 valence electrons. The van der Waals surface area contributed by atoms with Crippen molar-refractivity contribution in [1.82, 2.24) is 10.6 Å². The smallest absolute Gasteiger partial charge is 0.321 e. The number of nitrogens with one attached hydrogen (secondary N) is 2. The van der Waals surface area contributed by atoms with Crippen LogP contribution in [0.15, 0.2) is 24.3 Å². The lowest BCUT2D eigenvalue weighted by molar-refractivity contribution is -0.151. The Kier molecular flexibility index (Phi) is 7.76. The quantitative estimate of drug-likeness (QED) is 0.771. The Morgan fingerprint density at radius 3 is 2.64 bits per heavy atom. The number of imide groups is 1. The van der Waals surface area contributed by atoms with Gasteiger partial charge in [-0.15, -0.1) is 11.8 Å². The molecule has 8 heteroatoms. The van der Waals surface area contributed by atoms with Gasteiger partial charge in [0.1, 0.15) is 0 Å². The number of amides is 3. The number of halogens is 1. The summed E-state index contributed by atoms with van der Waals surface area (Å²) in [5.74, 6) is -0.559. The lowest BCUT2D eigenvalue weighted by Crippen LogP contribution is -2.43. The highest BCUT2D eigenvalue weighted by atomic mass is 35.5. The Balaban J connectivity index is 2.32. The van der Waals surface area contributed by atoms with E-state index in [0.29, 0.717) is 10.8 Å². The predicted octanol–water partition coefficient (Wildman–Crippen LogP) is 1.96. The molecule has 22 heavy (non-hydrogen) atoms. The van der Waals surface area contributed by atoms with Crippen LogP contribution in [0.25, 0.3) is 0 Å². The van der Waals surface area contributed by atoms with Crippen molar-refractivity contribution in [2.24, 2.45) is 0 Å². The number of benzene rings is 1. The first-order chi connectivity index (χ1) is 10.4. The van der Waals surface area contributed by atoms with Crippen LogP contribution < -0.4 is 10.6 Å². The average Bonchev–Trinajstić information content (AvgIpc) is 2.48. The lowest BCUT2D eigenvalue weighted by Gasteiger charge is -2.12. The number of esters is 1. The molecule has 1 aromatic carbocycles. The molecule has 0 fully saturated rings. The van der Waals surface area contributed by atoms with E-state index in [0.717, 1.165) is 5.56 Å². The van der Waals surface area contributed by atoms with E-state index in [4.69, 9.17) is 16.3 Å². The van der Waals surface area contributed by atoms with Gasteiger partial charge in [-0.25, -0.2) is 4.79 Å². The highest BCUT2D eigenvalue weighted by Crippen LogP contribution is 2.20. The molecule has 3 amide bonds. The second-order valence-corrected chi connectivity index (χ2v) is 5.68. The number of hydrogen-bond acceptors (Lipinski definition) is 5. The van der Waals surface area contributed by atoms with Gasteiger partial charge in [0.05, 0.1) is 5.75 Å². The van der Waals surface area contributed by atoms with E-state index in [1.807, 2.05) is 23.5 Å². The summed E-state index contributed by atoms with van der Waals surface area (Å²) in [5, 5.41) is 4.91. The van der Waals surface area contributed by atoms with Gasteiger partial charge in [-0.1, -0.05) is 29.8 Å². The number of carbonyl (C=O) groups excluding carboxylic acids is 3. The van der Waals surface area contributed by atoms with Gasteiger partial charge in [-0.3, -0.25) is 14.9 Å². The third kappa shape index (κ3) is 6.36. The second-order valence-electron chi connectivity index (χ2n) is 4.28. The maximum Gasteiger partial charge on any atom is 0.321 e. The zero-order valence-corrected chi connectivity index (χ0v) is 13.8. The molecule has 1 aromatic rings. The topological polar surface area (TPSA) is 84.5 Å². The molecule has 0 aromatic heterocycles. The molecule has 6 nitrogen and oxygen atoms in total. The molecule has 0 unspecified atom stereocenters. The Labute approximate surface area is 137 Å². The highest BCUT2D eigenvalue weighted by molar-refractivity contribution is 7.99. The van der Waals surface area contributed by atoms with Crippen molar-refractivity contribution in [1.29, 1.82) is 0 Å². The summed E-state index contributed by atoms with van der Waals surface area (Å²) in [7, 11) is 1.38. The molecule has 0 aliphatic rings. The fourth-order valence-electron chi connectivity index (χ4n) is 1.42. The molecule has 0 radical (unpaired) electrons. The van der Waals surface area contributed by atoms with Gasteiger partial charge < -0.3 is 10.1 Å². The van der Waals surface area contributed by atoms with Gasteiger partial charge in [0.2, 0.25) is 0 Å². The van der Waals surface area contributed by atoms with Crippen molar-refractivity contribution in [3.8, 4) is 0 Å². The lowest BCUT2D eigenvalue weighted by atomic mass is 10.2. The van der Waals surface area contributed by atoms with Gasteiger partial charge >= 0.3 is 12.0 Å². The fraction of sp³-hybridized carbons (Fsp3) is 0.357. The maximum atomic E-state index is 11.6. The number of hydrogen-bond donors (Lipinski definition) is 2. The molecule has 1 atom stereocenters. The van der Waals surface area contributed by atoms with Crippen molar-refractivity contribution in [3.63, 3.8) is 0 Å². The summed E-state index contributed by atoms with van der Waals surface area (Å²) in [5.41, 5.74) is 0.923. The molecular weight excluding hydrogens is 328 g/mol. The molecule has 0 aliphatic carbocycles. The Hall–Kier alpha value is -1.73. The van der Waals surface area contributed by atoms with Gasteiger partial charge in [-0.05, 0) is 18.6 Å². The monoisotopic (exact) mass is 344 g/mol. The second kappa shape index (κ2) is 9.32. The van der Waals surface area contributed by atoms with E-state index < -0.39 is 24.0 Å². The van der Waals surface area contributed by atoms with Crippen LogP contribution in [0.1, 0.15) is 12.5 Å². The summed E-state index contributed by atoms with van der Waals surface area (Å²) >= 11 is 7.34. The summed E-state index contributed by atoms with van der Waals surface area (Å²) in [4.78, 5) is 34.1. The van der Waals surface area contributed by atoms with Crippen LogP contribution in [-0.2, 0) is 20.1 Å². The van der Waals surface area contributed by atoms with Crippen LogP contribution >= 0.6 is 23.4 Å². The molecule has 1 rings (SSSR count). The molecule has 2 N–H and O–H groups in total. The zero-order chi connectivity index (χ0) is 16.5. The number of ether oxygens (including phenoxy) is 1. The molecule has 0 bridgehead atoms. The number of carbonyl (C=O) groups is 3. The first-order valence-electron chi connectivity index (χ1n) is 6.47. The number of rotatable bonds is 6. The number of urea groups is 1. The Morgan fingerprint density at radius 1 is 1.32 bits per heavy atom. The molecule has 0 aliphatic heterocycles. The molecular formula is C14H17ClN2O4S. The summed E-state index contributed by atoms with van der Waals surface area (Å²) in [6.45, 7) is 1.40. The Bertz CT molecular complexity index is 553. The number of thioether (sulfide) groups is 1. The largest absolute Gasteiger partial charge is 0.452 e. The standard InChI is InChI=1S/C14H17ClN2O4S/c1-9(13(19)17-14(20)16-2)21-12(18)8-22-7-10-5-3-4-6-11(10)15/h3-6,9H,7-8H2,1-2H3,(H2,16,17,19,20)/t9-/m0/s1. The van der Waals surface area contributed by atoms with Crippen molar-refractivity contribution >= 4 is 41.3 Å². The minimum Gasteiger partial charge on any atom is -0.452 e. The van der Waals surface area contributed by atoms with Gasteiger partial charge in [0.25, 0.3) is 5.91 Å². The van der Waals surface area contributed by atoms with Crippen LogP contribution in [-0.4, -0.2) is 36.8 Å². The van der Waals surface area contributed by atoms with Crippen molar-refractivity contribution in [2.45, 2.75) is 18.8 Å². The summed E-state index contributed by atoms with van der Waals surface area (Å²) in [6, 6.07) is 6.70. The molecule has 0 heterocycles. The van der Waals surface area contributed by atoms with Crippen LogP contribution in [0, 0.1) is 0 Å². The van der Waals surface area contributed by atoms with Crippen LogP contribution in [0.2, 0.25) is 5.02 Å². The van der Waals surface area contributed by atoms with E-state index in [9.17, 15) is 14.4 Å². The predicted molar refractivity (Wildman–Crippen MR) is 85.8 cm³/mol. The SMILES string of the molecule is CNC(=O)NC(=O)[C@H](C)OC(=O)CSCc1ccccc1Cl. The molecule has 0 saturated heterocycles. The Morgan fingerprint density at radius 2 is 2.00 bits per heavy atom. The van der Waals surface area contributed by atoms with E-state index >= 15 is 0 Å². The zero-order valence-electron chi connectivity index (χ0n) is 12.2. The van der Waals surface area contributed by atoms with Crippen LogP contribution in [0.3, 0.4) is 0 Å². The maximum absolute atomic E-state index is 11.6. The first-order valence-corrected chi connectivity index (χ1v) is 8.00. The average molecular weight is 345 g/mol. The van der Waals surface area contributed by atoms with Gasteiger partial charge in [0.15, 0.2) is 6.10 Å². The normalized spacial score (nSPS) is 11.4. The third-order valence-corrected chi connectivity index (χ3v) is 3.90. The first kappa shape index (κ1) is 18.3. The van der Waals surface area contributed by atoms with Crippen molar-refractivity contribution < 1.29 is 19.1 Å². The third-order valence-electron chi connectivity index (χ3n) is 2.58. The van der Waals surface area contributed by atoms with Gasteiger partial charge in [0, 0.05) is 17.8 Å². The van der Waals surface area contributed by atoms with Crippen LogP contribution in [0.4, 0.5) is 4.79 Å². The van der Waals surface area contributed by atoms with Crippen LogP contribution in [0.5, 0.6) is 0 Å². The minimum absolute atomic E-state index is 0.0861. The fourth-order valence-corrected chi connectivity index (χ4v) is 2.51.